The topological polar surface area (TPSA) is 147 Å². The molecular formula is C14H4N2O8. The minimum absolute atomic E-state index is 0.119. The van der Waals surface area contributed by atoms with Gasteiger partial charge in [0.25, 0.3) is 11.4 Å². The lowest BCUT2D eigenvalue weighted by Crippen LogP contribution is -2.08. The molecule has 0 atom stereocenters. The van der Waals surface area contributed by atoms with E-state index in [9.17, 15) is 29.8 Å². The molecule has 0 saturated carbocycles. The molecule has 0 spiro atoms. The molecule has 2 heterocycles. The normalized spacial score (nSPS) is 11.5. The Labute approximate surface area is 129 Å². The molecule has 10 nitrogen and oxygen atoms in total. The van der Waals surface area contributed by atoms with Crippen molar-refractivity contribution in [1.29, 1.82) is 0 Å². The van der Waals surface area contributed by atoms with Gasteiger partial charge in [0, 0.05) is 17.5 Å². The zero-order chi connectivity index (χ0) is 17.2. The van der Waals surface area contributed by atoms with Crippen molar-refractivity contribution in [1.82, 2.24) is 0 Å². The van der Waals surface area contributed by atoms with Crippen LogP contribution in [0.15, 0.2) is 42.7 Å². The van der Waals surface area contributed by atoms with Gasteiger partial charge in [-0.2, -0.15) is 0 Å². The molecule has 4 rings (SSSR count). The maximum atomic E-state index is 12.1. The Morgan fingerprint density at radius 3 is 1.54 bits per heavy atom. The first-order valence-electron chi connectivity index (χ1n) is 6.46. The molecule has 0 bridgehead atoms. The highest BCUT2D eigenvalue weighted by Gasteiger charge is 2.23. The van der Waals surface area contributed by atoms with Crippen molar-refractivity contribution in [3.05, 3.63) is 65.3 Å². The van der Waals surface area contributed by atoms with E-state index in [1.54, 1.807) is 0 Å². The molecule has 0 fully saturated rings. The van der Waals surface area contributed by atoms with Crippen LogP contribution in [-0.2, 0) is 0 Å². The number of non-ortho nitro benzene ring substituents is 2. The van der Waals surface area contributed by atoms with Gasteiger partial charge >= 0.3 is 11.3 Å². The zero-order valence-corrected chi connectivity index (χ0v) is 11.5. The fourth-order valence-corrected chi connectivity index (χ4v) is 2.72. The number of nitrogens with zero attached hydrogens (tertiary/aromatic N) is 2. The first-order chi connectivity index (χ1) is 11.4. The lowest BCUT2D eigenvalue weighted by Gasteiger charge is -2.07. The molecule has 0 N–H and O–H groups in total. The maximum Gasteiger partial charge on any atom is 0.344 e. The molecule has 0 saturated heterocycles. The molecule has 0 aliphatic heterocycles. The van der Waals surface area contributed by atoms with Gasteiger partial charge in [0.2, 0.25) is 0 Å². The SMILES string of the molecule is O=c1oc2cc([N+](=O)[O-])cc3oc(=O)c4cc([N+](=O)[O-])cc1c4c23. The Balaban J connectivity index is 2.36. The van der Waals surface area contributed by atoms with Crippen LogP contribution in [0.3, 0.4) is 0 Å². The van der Waals surface area contributed by atoms with Gasteiger partial charge in [-0.3, -0.25) is 20.2 Å². The average molecular weight is 328 g/mol. The van der Waals surface area contributed by atoms with Crippen molar-refractivity contribution in [3.8, 4) is 0 Å². The summed E-state index contributed by atoms with van der Waals surface area (Å²) in [5.74, 6) is 0. The minimum atomic E-state index is -0.941. The molecule has 0 amide bonds. The third-order valence-electron chi connectivity index (χ3n) is 3.69. The lowest BCUT2D eigenvalue weighted by atomic mass is 10.0. The Kier molecular flexibility index (Phi) is 2.50. The van der Waals surface area contributed by atoms with E-state index in [0.717, 1.165) is 24.3 Å². The van der Waals surface area contributed by atoms with E-state index in [4.69, 9.17) is 8.83 Å². The van der Waals surface area contributed by atoms with E-state index in [1.165, 1.54) is 0 Å². The highest BCUT2D eigenvalue weighted by Crippen LogP contribution is 2.35. The molecule has 0 aliphatic carbocycles. The molecular weight excluding hydrogens is 324 g/mol. The van der Waals surface area contributed by atoms with Gasteiger partial charge in [0.1, 0.15) is 11.2 Å². The predicted octanol–water partition coefficient (Wildman–Crippen LogP) is 2.31. The summed E-state index contributed by atoms with van der Waals surface area (Å²) in [6.45, 7) is 0. The van der Waals surface area contributed by atoms with Crippen molar-refractivity contribution in [2.24, 2.45) is 0 Å². The van der Waals surface area contributed by atoms with Gasteiger partial charge in [-0.1, -0.05) is 0 Å². The van der Waals surface area contributed by atoms with E-state index < -0.39 is 32.5 Å². The van der Waals surface area contributed by atoms with E-state index >= 15 is 0 Å². The Bertz CT molecular complexity index is 1220. The summed E-state index contributed by atoms with van der Waals surface area (Å²) in [4.78, 5) is 44.7. The summed E-state index contributed by atoms with van der Waals surface area (Å²) >= 11 is 0. The van der Waals surface area contributed by atoms with Crippen LogP contribution in [0.25, 0.3) is 32.7 Å². The van der Waals surface area contributed by atoms with Crippen LogP contribution in [0.4, 0.5) is 11.4 Å². The Hall–Kier alpha value is -3.82. The van der Waals surface area contributed by atoms with Crippen LogP contribution in [0.2, 0.25) is 0 Å². The molecule has 2 aromatic heterocycles. The first kappa shape index (κ1) is 13.8. The molecule has 24 heavy (non-hydrogen) atoms. The summed E-state index contributed by atoms with van der Waals surface area (Å²) in [6.07, 6.45) is 0. The van der Waals surface area contributed by atoms with Crippen molar-refractivity contribution >= 4 is 44.1 Å². The van der Waals surface area contributed by atoms with Crippen molar-refractivity contribution in [3.63, 3.8) is 0 Å². The smallest absolute Gasteiger partial charge is 0.344 e. The largest absolute Gasteiger partial charge is 0.422 e. The Morgan fingerprint density at radius 2 is 1.12 bits per heavy atom. The fraction of sp³-hybridized carbons (Fsp3) is 0. The van der Waals surface area contributed by atoms with Crippen LogP contribution in [-0.4, -0.2) is 9.85 Å². The van der Waals surface area contributed by atoms with Crippen LogP contribution < -0.4 is 11.3 Å². The van der Waals surface area contributed by atoms with Crippen LogP contribution in [0, 0.1) is 20.2 Å². The second kappa shape index (κ2) is 4.35. The van der Waals surface area contributed by atoms with Gasteiger partial charge in [0.15, 0.2) is 0 Å². The summed E-state index contributed by atoms with van der Waals surface area (Å²) in [5, 5.41) is 21.9. The van der Waals surface area contributed by atoms with E-state index in [1.807, 2.05) is 0 Å². The summed E-state index contributed by atoms with van der Waals surface area (Å²) < 4.78 is 10.1. The monoisotopic (exact) mass is 328 g/mol. The van der Waals surface area contributed by atoms with Crippen LogP contribution >= 0.6 is 0 Å². The standard InChI is InChI=1S/C14H4N2O8/c17-13-7-1-5(15(19)20)2-8-11(7)12-9(23-13)3-6(16(21)22)4-10(12)24-14(8)18/h1-4H. The molecule has 0 unspecified atom stereocenters. The average Bonchev–Trinajstić information content (AvgIpc) is 2.52. The van der Waals surface area contributed by atoms with Crippen LogP contribution in [0.5, 0.6) is 0 Å². The highest BCUT2D eigenvalue weighted by atomic mass is 16.6. The van der Waals surface area contributed by atoms with Gasteiger partial charge < -0.3 is 8.83 Å². The quantitative estimate of drug-likeness (QED) is 0.235. The molecule has 4 aromatic rings. The second-order valence-electron chi connectivity index (χ2n) is 5.03. The van der Waals surface area contributed by atoms with E-state index in [0.29, 0.717) is 0 Å². The van der Waals surface area contributed by atoms with Gasteiger partial charge in [0.05, 0.1) is 38.1 Å². The summed E-state index contributed by atoms with van der Waals surface area (Å²) in [5.41, 5.74) is -3.05. The van der Waals surface area contributed by atoms with Gasteiger partial charge in [-0.05, 0) is 0 Å². The zero-order valence-electron chi connectivity index (χ0n) is 11.5. The van der Waals surface area contributed by atoms with Crippen molar-refractivity contribution in [2.45, 2.75) is 0 Å². The Morgan fingerprint density at radius 1 is 0.708 bits per heavy atom. The predicted molar refractivity (Wildman–Crippen MR) is 80.5 cm³/mol. The molecule has 10 heteroatoms. The van der Waals surface area contributed by atoms with Gasteiger partial charge in [-0.15, -0.1) is 0 Å². The number of hydrogen-bond donors (Lipinski definition) is 0. The minimum Gasteiger partial charge on any atom is -0.422 e. The molecule has 0 radical (unpaired) electrons. The molecule has 118 valence electrons. The van der Waals surface area contributed by atoms with Crippen molar-refractivity contribution < 1.29 is 18.7 Å². The number of hydrogen-bond acceptors (Lipinski definition) is 8. The first-order valence-corrected chi connectivity index (χ1v) is 6.46. The van der Waals surface area contributed by atoms with E-state index in [-0.39, 0.29) is 32.7 Å². The summed E-state index contributed by atoms with van der Waals surface area (Å²) in [7, 11) is 0. The number of rotatable bonds is 2. The van der Waals surface area contributed by atoms with Gasteiger partial charge in [-0.25, -0.2) is 9.59 Å². The van der Waals surface area contributed by atoms with Crippen LogP contribution in [0.1, 0.15) is 0 Å². The number of nitro groups is 2. The molecule has 2 aromatic carbocycles. The number of nitro benzene ring substituents is 2. The molecule has 0 aliphatic rings. The number of benzene rings is 2. The van der Waals surface area contributed by atoms with Crippen molar-refractivity contribution in [2.75, 3.05) is 0 Å². The summed E-state index contributed by atoms with van der Waals surface area (Å²) in [6, 6.07) is 4.05. The lowest BCUT2D eigenvalue weighted by molar-refractivity contribution is -0.384. The third kappa shape index (κ3) is 1.70. The van der Waals surface area contributed by atoms with E-state index in [2.05, 4.69) is 0 Å². The second-order valence-corrected chi connectivity index (χ2v) is 5.03. The highest BCUT2D eigenvalue weighted by molar-refractivity contribution is 6.20. The third-order valence-corrected chi connectivity index (χ3v) is 3.69. The fourth-order valence-electron chi connectivity index (χ4n) is 2.72. The maximum absolute atomic E-state index is 12.1.